The Morgan fingerprint density at radius 1 is 1.19 bits per heavy atom. The average molecular weight is 324 g/mol. The van der Waals surface area contributed by atoms with E-state index in [0.717, 1.165) is 10.6 Å². The number of nitrogens with zero attached hydrogens (tertiary/aromatic N) is 2. The summed E-state index contributed by atoms with van der Waals surface area (Å²) in [5, 5.41) is 5.97. The highest BCUT2D eigenvalue weighted by atomic mass is 32.2. The van der Waals surface area contributed by atoms with Crippen LogP contribution in [0.1, 0.15) is 0 Å². The van der Waals surface area contributed by atoms with E-state index in [-0.39, 0.29) is 0 Å². The van der Waals surface area contributed by atoms with Gasteiger partial charge in [0, 0.05) is 49.0 Å². The molecule has 112 valence electrons. The van der Waals surface area contributed by atoms with Crippen LogP contribution in [0.3, 0.4) is 0 Å². The fourth-order valence-electron chi connectivity index (χ4n) is 2.15. The molecule has 1 aliphatic heterocycles. The molecule has 0 unspecified atom stereocenters. The first-order valence-electron chi connectivity index (χ1n) is 6.64. The first-order chi connectivity index (χ1) is 10.1. The minimum absolute atomic E-state index is 0.493. The van der Waals surface area contributed by atoms with E-state index in [9.17, 15) is 8.42 Å². The molecule has 1 fully saturated rings. The molecule has 21 heavy (non-hydrogen) atoms. The lowest BCUT2D eigenvalue weighted by molar-refractivity contribution is 0.362. The van der Waals surface area contributed by atoms with E-state index in [0.29, 0.717) is 31.9 Å². The molecule has 6 nitrogen and oxygen atoms in total. The topological polar surface area (TPSA) is 74.3 Å². The van der Waals surface area contributed by atoms with Crippen LogP contribution in [0, 0.1) is 0 Å². The van der Waals surface area contributed by atoms with Crippen molar-refractivity contribution in [1.82, 2.24) is 14.6 Å². The number of aromatic nitrogens is 1. The fourth-order valence-corrected chi connectivity index (χ4v) is 4.02. The summed E-state index contributed by atoms with van der Waals surface area (Å²) in [7, 11) is -3.47. The van der Waals surface area contributed by atoms with Gasteiger partial charge in [0.2, 0.25) is 0 Å². The van der Waals surface area contributed by atoms with E-state index in [1.165, 1.54) is 4.31 Å². The third-order valence-corrected chi connectivity index (χ3v) is 5.59. The van der Waals surface area contributed by atoms with Gasteiger partial charge in [0.1, 0.15) is 5.01 Å². The van der Waals surface area contributed by atoms with Gasteiger partial charge in [0.15, 0.2) is 0 Å². The number of nitrogens with one attached hydrogen (secondary N) is 2. The zero-order chi connectivity index (χ0) is 14.7. The van der Waals surface area contributed by atoms with E-state index >= 15 is 0 Å². The molecule has 0 radical (unpaired) electrons. The molecular weight excluding hydrogens is 308 g/mol. The van der Waals surface area contributed by atoms with Crippen molar-refractivity contribution in [3.05, 3.63) is 35.8 Å². The van der Waals surface area contributed by atoms with Crippen molar-refractivity contribution in [2.45, 2.75) is 0 Å². The Labute approximate surface area is 128 Å². The zero-order valence-corrected chi connectivity index (χ0v) is 13.0. The van der Waals surface area contributed by atoms with Crippen molar-refractivity contribution in [2.75, 3.05) is 30.9 Å². The van der Waals surface area contributed by atoms with Crippen LogP contribution in [0.15, 0.2) is 35.8 Å². The van der Waals surface area contributed by atoms with Crippen LogP contribution in [-0.2, 0) is 10.2 Å². The average Bonchev–Trinajstić information content (AvgIpc) is 3.03. The predicted molar refractivity (Wildman–Crippen MR) is 84.5 cm³/mol. The lowest BCUT2D eigenvalue weighted by Crippen LogP contribution is -2.48. The van der Waals surface area contributed by atoms with Crippen LogP contribution >= 0.6 is 11.3 Å². The van der Waals surface area contributed by atoms with Gasteiger partial charge < -0.3 is 5.32 Å². The second-order valence-electron chi connectivity index (χ2n) is 4.67. The molecule has 2 N–H and O–H groups in total. The molecule has 2 heterocycles. The highest BCUT2D eigenvalue weighted by molar-refractivity contribution is 7.90. The van der Waals surface area contributed by atoms with Gasteiger partial charge in [-0.05, 0) is 24.3 Å². The Bertz CT molecular complexity index is 677. The smallest absolute Gasteiger partial charge is 0.301 e. The van der Waals surface area contributed by atoms with E-state index in [2.05, 4.69) is 15.0 Å². The lowest BCUT2D eigenvalue weighted by Gasteiger charge is -2.26. The molecule has 1 aromatic heterocycles. The molecular formula is C13H16N4O2S2. The Balaban J connectivity index is 1.72. The minimum atomic E-state index is -3.47. The summed E-state index contributed by atoms with van der Waals surface area (Å²) in [5.41, 5.74) is 1.55. The van der Waals surface area contributed by atoms with E-state index in [4.69, 9.17) is 0 Å². The highest BCUT2D eigenvalue weighted by Gasteiger charge is 2.23. The molecule has 8 heteroatoms. The van der Waals surface area contributed by atoms with Crippen molar-refractivity contribution < 1.29 is 8.42 Å². The fraction of sp³-hybridized carbons (Fsp3) is 0.308. The predicted octanol–water partition coefficient (Wildman–Crippen LogP) is 1.37. The maximum atomic E-state index is 12.2. The molecule has 1 aliphatic rings. The van der Waals surface area contributed by atoms with Gasteiger partial charge in [-0.25, -0.2) is 4.98 Å². The van der Waals surface area contributed by atoms with Crippen molar-refractivity contribution >= 4 is 27.2 Å². The summed E-state index contributed by atoms with van der Waals surface area (Å²) < 4.78 is 28.6. The number of rotatable bonds is 4. The van der Waals surface area contributed by atoms with Crippen LogP contribution < -0.4 is 10.0 Å². The Morgan fingerprint density at radius 3 is 2.52 bits per heavy atom. The van der Waals surface area contributed by atoms with Crippen molar-refractivity contribution in [3.8, 4) is 10.6 Å². The SMILES string of the molecule is O=S(=O)(Nc1ccc(-c2nccs2)cc1)N1CCNCC1. The number of thiazole rings is 1. The Morgan fingerprint density at radius 2 is 1.90 bits per heavy atom. The van der Waals surface area contributed by atoms with Crippen molar-refractivity contribution in [2.24, 2.45) is 0 Å². The van der Waals surface area contributed by atoms with Crippen molar-refractivity contribution in [3.63, 3.8) is 0 Å². The van der Waals surface area contributed by atoms with Crippen LogP contribution in [0.25, 0.3) is 10.6 Å². The number of hydrogen-bond donors (Lipinski definition) is 2. The minimum Gasteiger partial charge on any atom is -0.314 e. The Kier molecular flexibility index (Phi) is 4.20. The van der Waals surface area contributed by atoms with E-state index in [1.807, 2.05) is 17.5 Å². The number of benzene rings is 1. The van der Waals surface area contributed by atoms with Gasteiger partial charge in [0.05, 0.1) is 0 Å². The normalized spacial score (nSPS) is 16.8. The van der Waals surface area contributed by atoms with Gasteiger partial charge in [-0.3, -0.25) is 4.72 Å². The van der Waals surface area contributed by atoms with Crippen LogP contribution in [-0.4, -0.2) is 43.9 Å². The summed E-state index contributed by atoms with van der Waals surface area (Å²) in [5.74, 6) is 0. The summed E-state index contributed by atoms with van der Waals surface area (Å²) in [6, 6.07) is 7.26. The molecule has 0 atom stereocenters. The van der Waals surface area contributed by atoms with E-state index < -0.39 is 10.2 Å². The van der Waals surface area contributed by atoms with Gasteiger partial charge in [-0.1, -0.05) is 0 Å². The van der Waals surface area contributed by atoms with Crippen molar-refractivity contribution in [1.29, 1.82) is 0 Å². The molecule has 3 rings (SSSR count). The molecule has 0 saturated carbocycles. The molecule has 0 spiro atoms. The molecule has 2 aromatic rings. The number of hydrogen-bond acceptors (Lipinski definition) is 5. The second kappa shape index (κ2) is 6.10. The second-order valence-corrected chi connectivity index (χ2v) is 7.24. The number of piperazine rings is 1. The van der Waals surface area contributed by atoms with Gasteiger partial charge >= 0.3 is 10.2 Å². The largest absolute Gasteiger partial charge is 0.314 e. The zero-order valence-electron chi connectivity index (χ0n) is 11.3. The van der Waals surface area contributed by atoms with Gasteiger partial charge in [-0.15, -0.1) is 11.3 Å². The van der Waals surface area contributed by atoms with Crippen LogP contribution in [0.5, 0.6) is 0 Å². The third-order valence-electron chi connectivity index (χ3n) is 3.23. The summed E-state index contributed by atoms with van der Waals surface area (Å²) >= 11 is 1.55. The lowest BCUT2D eigenvalue weighted by atomic mass is 10.2. The third kappa shape index (κ3) is 3.41. The summed E-state index contributed by atoms with van der Waals surface area (Å²) in [4.78, 5) is 4.23. The first-order valence-corrected chi connectivity index (χ1v) is 8.96. The quantitative estimate of drug-likeness (QED) is 0.891. The molecule has 0 aliphatic carbocycles. The summed E-state index contributed by atoms with van der Waals surface area (Å²) in [6.45, 7) is 2.35. The van der Waals surface area contributed by atoms with Crippen LogP contribution in [0.2, 0.25) is 0 Å². The standard InChI is InChI=1S/C13H16N4O2S2/c18-21(19,17-8-5-14-6-9-17)16-12-3-1-11(2-4-12)13-15-7-10-20-13/h1-4,7,10,14,16H,5-6,8-9H2. The molecule has 1 saturated heterocycles. The summed E-state index contributed by atoms with van der Waals surface area (Å²) in [6.07, 6.45) is 1.75. The van der Waals surface area contributed by atoms with E-state index in [1.54, 1.807) is 29.7 Å². The van der Waals surface area contributed by atoms with Gasteiger partial charge in [-0.2, -0.15) is 12.7 Å². The molecule has 0 bridgehead atoms. The first kappa shape index (κ1) is 14.5. The number of anilines is 1. The van der Waals surface area contributed by atoms with Crippen LogP contribution in [0.4, 0.5) is 5.69 Å². The monoisotopic (exact) mass is 324 g/mol. The maximum absolute atomic E-state index is 12.2. The highest BCUT2D eigenvalue weighted by Crippen LogP contribution is 2.23. The maximum Gasteiger partial charge on any atom is 0.301 e. The van der Waals surface area contributed by atoms with Gasteiger partial charge in [0.25, 0.3) is 0 Å². The molecule has 1 aromatic carbocycles. The molecule has 0 amide bonds. The Hall–Kier alpha value is -1.48.